The summed E-state index contributed by atoms with van der Waals surface area (Å²) < 4.78 is 0. The molecule has 2 aromatic rings. The summed E-state index contributed by atoms with van der Waals surface area (Å²) in [5.74, 6) is -0.257. The van der Waals surface area contributed by atoms with Crippen molar-refractivity contribution >= 4 is 23.2 Å². The van der Waals surface area contributed by atoms with E-state index in [9.17, 15) is 4.79 Å². The summed E-state index contributed by atoms with van der Waals surface area (Å²) in [6.45, 7) is 2.13. The third kappa shape index (κ3) is 4.71. The Kier molecular flexibility index (Phi) is 6.16. The molecule has 0 aromatic heterocycles. The maximum atomic E-state index is 12.1. The molecule has 4 heteroatoms. The predicted octanol–water partition coefficient (Wildman–Crippen LogP) is 4.66. The van der Waals surface area contributed by atoms with Crippen LogP contribution in [0.15, 0.2) is 59.7 Å². The van der Waals surface area contributed by atoms with Gasteiger partial charge in [0.15, 0.2) is 0 Å². The summed E-state index contributed by atoms with van der Waals surface area (Å²) in [5.41, 5.74) is 5.04. The van der Waals surface area contributed by atoms with E-state index in [1.165, 1.54) is 0 Å². The van der Waals surface area contributed by atoms with Gasteiger partial charge in [0.25, 0.3) is 5.91 Å². The number of hydrazone groups is 1. The summed E-state index contributed by atoms with van der Waals surface area (Å²) in [7, 11) is 0. The monoisotopic (exact) mass is 314 g/mol. The van der Waals surface area contributed by atoms with Crippen molar-refractivity contribution in [2.75, 3.05) is 0 Å². The van der Waals surface area contributed by atoms with E-state index in [0.717, 1.165) is 30.5 Å². The van der Waals surface area contributed by atoms with Crippen molar-refractivity contribution in [3.8, 4) is 0 Å². The lowest BCUT2D eigenvalue weighted by atomic mass is 10.1. The maximum absolute atomic E-state index is 12.1. The van der Waals surface area contributed by atoms with Crippen LogP contribution in [0.3, 0.4) is 0 Å². The number of carbonyl (C=O) groups is 1. The highest BCUT2D eigenvalue weighted by atomic mass is 35.5. The molecular formula is C18H19ClN2O. The molecule has 0 heterocycles. The van der Waals surface area contributed by atoms with Gasteiger partial charge < -0.3 is 0 Å². The van der Waals surface area contributed by atoms with Crippen LogP contribution in [0.2, 0.25) is 5.02 Å². The number of halogens is 1. The second kappa shape index (κ2) is 8.35. The first-order chi connectivity index (χ1) is 10.7. The molecular weight excluding hydrogens is 296 g/mol. The Morgan fingerprint density at radius 1 is 1.09 bits per heavy atom. The van der Waals surface area contributed by atoms with E-state index in [1.807, 2.05) is 30.3 Å². The van der Waals surface area contributed by atoms with E-state index in [-0.39, 0.29) is 5.91 Å². The Morgan fingerprint density at radius 3 is 2.50 bits per heavy atom. The quantitative estimate of drug-likeness (QED) is 0.611. The topological polar surface area (TPSA) is 41.5 Å². The van der Waals surface area contributed by atoms with Gasteiger partial charge in [-0.15, -0.1) is 0 Å². The highest BCUT2D eigenvalue weighted by Gasteiger charge is 2.07. The molecule has 0 saturated carbocycles. The Balaban J connectivity index is 2.14. The summed E-state index contributed by atoms with van der Waals surface area (Å²) in [5, 5.41) is 4.84. The minimum Gasteiger partial charge on any atom is -0.267 e. The number of unbranched alkanes of at least 4 members (excludes halogenated alkanes) is 1. The van der Waals surface area contributed by atoms with Crippen LogP contribution in [0.1, 0.15) is 42.1 Å². The van der Waals surface area contributed by atoms with Gasteiger partial charge in [-0.3, -0.25) is 4.79 Å². The second-order valence-electron chi connectivity index (χ2n) is 4.98. The lowest BCUT2D eigenvalue weighted by molar-refractivity contribution is 0.0955. The van der Waals surface area contributed by atoms with Gasteiger partial charge in [0.1, 0.15) is 0 Å². The number of nitrogens with zero attached hydrogens (tertiary/aromatic N) is 1. The van der Waals surface area contributed by atoms with Crippen LogP contribution in [-0.2, 0) is 0 Å². The van der Waals surface area contributed by atoms with Gasteiger partial charge in [0.05, 0.1) is 5.71 Å². The third-order valence-corrected chi connectivity index (χ3v) is 3.49. The number of carbonyl (C=O) groups excluding carboxylic acids is 1. The first-order valence-electron chi connectivity index (χ1n) is 7.38. The van der Waals surface area contributed by atoms with Gasteiger partial charge in [0.2, 0.25) is 0 Å². The van der Waals surface area contributed by atoms with E-state index in [4.69, 9.17) is 11.6 Å². The minimum absolute atomic E-state index is 0.257. The SMILES string of the molecule is CCCCC(=NNC(=O)c1cccc(Cl)c1)c1ccccc1. The van der Waals surface area contributed by atoms with Crippen molar-refractivity contribution < 1.29 is 4.79 Å². The fourth-order valence-corrected chi connectivity index (χ4v) is 2.24. The normalized spacial score (nSPS) is 11.3. The largest absolute Gasteiger partial charge is 0.271 e. The second-order valence-corrected chi connectivity index (χ2v) is 5.42. The zero-order valence-electron chi connectivity index (χ0n) is 12.6. The van der Waals surface area contributed by atoms with Gasteiger partial charge in [-0.25, -0.2) is 5.43 Å². The van der Waals surface area contributed by atoms with Crippen molar-refractivity contribution in [3.05, 3.63) is 70.7 Å². The molecule has 0 bridgehead atoms. The number of hydrogen-bond donors (Lipinski definition) is 1. The Morgan fingerprint density at radius 2 is 1.82 bits per heavy atom. The summed E-state index contributed by atoms with van der Waals surface area (Å²) in [6.07, 6.45) is 2.94. The molecule has 2 rings (SSSR count). The van der Waals surface area contributed by atoms with Crippen LogP contribution in [0.5, 0.6) is 0 Å². The van der Waals surface area contributed by atoms with E-state index >= 15 is 0 Å². The van der Waals surface area contributed by atoms with E-state index in [0.29, 0.717) is 10.6 Å². The molecule has 22 heavy (non-hydrogen) atoms. The van der Waals surface area contributed by atoms with Crippen molar-refractivity contribution in [1.29, 1.82) is 0 Å². The number of rotatable bonds is 6. The molecule has 0 aliphatic carbocycles. The third-order valence-electron chi connectivity index (χ3n) is 3.25. The smallest absolute Gasteiger partial charge is 0.267 e. The summed E-state index contributed by atoms with van der Waals surface area (Å²) in [6, 6.07) is 16.7. The molecule has 2 aromatic carbocycles. The van der Waals surface area contributed by atoms with Crippen LogP contribution < -0.4 is 5.43 Å². The van der Waals surface area contributed by atoms with Crippen molar-refractivity contribution in [2.45, 2.75) is 26.2 Å². The van der Waals surface area contributed by atoms with Crippen molar-refractivity contribution in [2.24, 2.45) is 5.10 Å². The average molecular weight is 315 g/mol. The summed E-state index contributed by atoms with van der Waals surface area (Å²) >= 11 is 5.90. The number of amides is 1. The van der Waals surface area contributed by atoms with Crippen LogP contribution in [0, 0.1) is 0 Å². The molecule has 0 aliphatic heterocycles. The molecule has 0 saturated heterocycles. The molecule has 1 N–H and O–H groups in total. The molecule has 0 radical (unpaired) electrons. The highest BCUT2D eigenvalue weighted by molar-refractivity contribution is 6.30. The van der Waals surface area contributed by atoms with Crippen LogP contribution >= 0.6 is 11.6 Å². The maximum Gasteiger partial charge on any atom is 0.271 e. The number of nitrogens with one attached hydrogen (secondary N) is 1. The molecule has 0 unspecified atom stereocenters. The number of hydrogen-bond acceptors (Lipinski definition) is 2. The minimum atomic E-state index is -0.257. The van der Waals surface area contributed by atoms with E-state index in [1.54, 1.807) is 24.3 Å². The van der Waals surface area contributed by atoms with Gasteiger partial charge >= 0.3 is 0 Å². The molecule has 1 amide bonds. The zero-order valence-corrected chi connectivity index (χ0v) is 13.3. The van der Waals surface area contributed by atoms with Crippen molar-refractivity contribution in [3.63, 3.8) is 0 Å². The first kappa shape index (κ1) is 16.2. The van der Waals surface area contributed by atoms with Crippen LogP contribution in [0.4, 0.5) is 0 Å². The molecule has 0 spiro atoms. The number of benzene rings is 2. The molecule has 114 valence electrons. The van der Waals surface area contributed by atoms with Gasteiger partial charge in [-0.1, -0.05) is 61.3 Å². The molecule has 0 fully saturated rings. The predicted molar refractivity (Wildman–Crippen MR) is 91.4 cm³/mol. The Hall–Kier alpha value is -2.13. The fourth-order valence-electron chi connectivity index (χ4n) is 2.05. The lowest BCUT2D eigenvalue weighted by Gasteiger charge is -2.07. The Bertz CT molecular complexity index is 653. The standard InChI is InChI=1S/C18H19ClN2O/c1-2-3-12-17(14-8-5-4-6-9-14)20-21-18(22)15-10-7-11-16(19)13-15/h4-11,13H,2-3,12H2,1H3,(H,21,22). The first-order valence-corrected chi connectivity index (χ1v) is 7.76. The lowest BCUT2D eigenvalue weighted by Crippen LogP contribution is -2.20. The highest BCUT2D eigenvalue weighted by Crippen LogP contribution is 2.11. The van der Waals surface area contributed by atoms with E-state index < -0.39 is 0 Å². The van der Waals surface area contributed by atoms with Gasteiger partial charge in [-0.2, -0.15) is 5.10 Å². The van der Waals surface area contributed by atoms with E-state index in [2.05, 4.69) is 17.5 Å². The van der Waals surface area contributed by atoms with Gasteiger partial charge in [0, 0.05) is 10.6 Å². The Labute approximate surface area is 136 Å². The average Bonchev–Trinajstić information content (AvgIpc) is 2.55. The molecule has 0 aliphatic rings. The van der Waals surface area contributed by atoms with Crippen LogP contribution in [0.25, 0.3) is 0 Å². The van der Waals surface area contributed by atoms with Gasteiger partial charge in [-0.05, 0) is 36.6 Å². The van der Waals surface area contributed by atoms with Crippen molar-refractivity contribution in [1.82, 2.24) is 5.43 Å². The fraction of sp³-hybridized carbons (Fsp3) is 0.222. The zero-order chi connectivity index (χ0) is 15.8. The molecule has 0 atom stereocenters. The summed E-state index contributed by atoms with van der Waals surface area (Å²) in [4.78, 5) is 12.1. The molecule has 3 nitrogen and oxygen atoms in total. The van der Waals surface area contributed by atoms with Crippen LogP contribution in [-0.4, -0.2) is 11.6 Å².